The number of esters is 1. The SMILES string of the molecule is CC(=O)OC(CO)c1ccc(F)cc1Br. The smallest absolute Gasteiger partial charge is 0.303 e. The standard InChI is InChI=1S/C10H10BrFO3/c1-6(14)15-10(5-13)8-3-2-7(12)4-9(8)11/h2-4,10,13H,5H2,1H3. The lowest BCUT2D eigenvalue weighted by Gasteiger charge is -2.16. The van der Waals surface area contributed by atoms with Crippen LogP contribution >= 0.6 is 15.9 Å². The van der Waals surface area contributed by atoms with E-state index in [9.17, 15) is 9.18 Å². The van der Waals surface area contributed by atoms with E-state index in [1.165, 1.54) is 25.1 Å². The molecule has 1 unspecified atom stereocenters. The van der Waals surface area contributed by atoms with E-state index >= 15 is 0 Å². The second kappa shape index (κ2) is 5.23. The minimum atomic E-state index is -0.766. The molecule has 0 saturated carbocycles. The molecule has 1 rings (SSSR count). The molecule has 0 saturated heterocycles. The Morgan fingerprint density at radius 1 is 1.67 bits per heavy atom. The predicted octanol–water partition coefficient (Wildman–Crippen LogP) is 2.18. The number of ether oxygens (including phenoxy) is 1. The first kappa shape index (κ1) is 12.1. The number of benzene rings is 1. The van der Waals surface area contributed by atoms with Crippen molar-refractivity contribution in [2.75, 3.05) is 6.61 Å². The molecular weight excluding hydrogens is 267 g/mol. The normalized spacial score (nSPS) is 12.3. The van der Waals surface area contributed by atoms with Crippen LogP contribution in [-0.2, 0) is 9.53 Å². The first-order valence-electron chi connectivity index (χ1n) is 4.27. The Morgan fingerprint density at radius 3 is 2.80 bits per heavy atom. The molecule has 1 aromatic rings. The van der Waals surface area contributed by atoms with E-state index in [1.807, 2.05) is 0 Å². The van der Waals surface area contributed by atoms with E-state index in [-0.39, 0.29) is 6.61 Å². The third-order valence-corrected chi connectivity index (χ3v) is 2.47. The van der Waals surface area contributed by atoms with Crippen molar-refractivity contribution in [3.05, 3.63) is 34.1 Å². The monoisotopic (exact) mass is 276 g/mol. The minimum Gasteiger partial charge on any atom is -0.455 e. The van der Waals surface area contributed by atoms with Gasteiger partial charge in [-0.1, -0.05) is 22.0 Å². The van der Waals surface area contributed by atoms with Crippen molar-refractivity contribution in [1.82, 2.24) is 0 Å². The topological polar surface area (TPSA) is 46.5 Å². The van der Waals surface area contributed by atoms with Crippen LogP contribution in [0.3, 0.4) is 0 Å². The molecule has 0 aliphatic carbocycles. The lowest BCUT2D eigenvalue weighted by molar-refractivity contribution is -0.148. The Bertz CT molecular complexity index is 368. The number of carbonyl (C=O) groups is 1. The van der Waals surface area contributed by atoms with Crippen molar-refractivity contribution in [2.45, 2.75) is 13.0 Å². The Labute approximate surface area is 95.0 Å². The summed E-state index contributed by atoms with van der Waals surface area (Å²) in [7, 11) is 0. The number of carbonyl (C=O) groups excluding carboxylic acids is 1. The predicted molar refractivity (Wildman–Crippen MR) is 55.7 cm³/mol. The molecule has 0 amide bonds. The van der Waals surface area contributed by atoms with Crippen molar-refractivity contribution in [3.63, 3.8) is 0 Å². The van der Waals surface area contributed by atoms with Gasteiger partial charge in [-0.15, -0.1) is 0 Å². The molecule has 0 fully saturated rings. The van der Waals surface area contributed by atoms with Gasteiger partial charge in [0.2, 0.25) is 0 Å². The van der Waals surface area contributed by atoms with Crippen molar-refractivity contribution >= 4 is 21.9 Å². The van der Waals surface area contributed by atoms with Gasteiger partial charge < -0.3 is 9.84 Å². The summed E-state index contributed by atoms with van der Waals surface area (Å²) in [4.78, 5) is 10.7. The Morgan fingerprint density at radius 2 is 2.33 bits per heavy atom. The van der Waals surface area contributed by atoms with Crippen LogP contribution in [0.15, 0.2) is 22.7 Å². The summed E-state index contributed by atoms with van der Waals surface area (Å²) < 4.78 is 18.1. The van der Waals surface area contributed by atoms with Gasteiger partial charge in [0, 0.05) is 17.0 Å². The zero-order valence-corrected chi connectivity index (χ0v) is 9.62. The molecule has 1 aromatic carbocycles. The van der Waals surface area contributed by atoms with Gasteiger partial charge >= 0.3 is 5.97 Å². The summed E-state index contributed by atoms with van der Waals surface area (Å²) in [6.45, 7) is 0.907. The molecule has 15 heavy (non-hydrogen) atoms. The quantitative estimate of drug-likeness (QED) is 0.861. The lowest BCUT2D eigenvalue weighted by atomic mass is 10.1. The molecule has 0 heterocycles. The number of aliphatic hydroxyl groups is 1. The van der Waals surface area contributed by atoms with Gasteiger partial charge in [0.15, 0.2) is 6.10 Å². The summed E-state index contributed by atoms with van der Waals surface area (Å²) in [5.74, 6) is -0.893. The summed E-state index contributed by atoms with van der Waals surface area (Å²) >= 11 is 3.14. The second-order valence-electron chi connectivity index (χ2n) is 2.95. The van der Waals surface area contributed by atoms with Crippen molar-refractivity contribution in [3.8, 4) is 0 Å². The van der Waals surface area contributed by atoms with Crippen LogP contribution in [0.25, 0.3) is 0 Å². The number of rotatable bonds is 3. The van der Waals surface area contributed by atoms with E-state index in [2.05, 4.69) is 15.9 Å². The molecular formula is C10H10BrFO3. The maximum absolute atomic E-state index is 12.8. The van der Waals surface area contributed by atoms with Gasteiger partial charge in [0.25, 0.3) is 0 Å². The zero-order valence-electron chi connectivity index (χ0n) is 8.04. The van der Waals surface area contributed by atoms with Gasteiger partial charge in [-0.3, -0.25) is 4.79 Å². The molecule has 0 aliphatic rings. The molecule has 0 bridgehead atoms. The zero-order chi connectivity index (χ0) is 11.4. The van der Waals surface area contributed by atoms with E-state index in [1.54, 1.807) is 0 Å². The highest BCUT2D eigenvalue weighted by molar-refractivity contribution is 9.10. The molecule has 3 nitrogen and oxygen atoms in total. The van der Waals surface area contributed by atoms with Crippen LogP contribution in [-0.4, -0.2) is 17.7 Å². The van der Waals surface area contributed by atoms with E-state index in [4.69, 9.17) is 9.84 Å². The first-order chi connectivity index (χ1) is 7.04. The highest BCUT2D eigenvalue weighted by Gasteiger charge is 2.16. The van der Waals surface area contributed by atoms with Crippen LogP contribution < -0.4 is 0 Å². The molecule has 1 atom stereocenters. The molecule has 0 aromatic heterocycles. The van der Waals surface area contributed by atoms with Gasteiger partial charge in [-0.25, -0.2) is 4.39 Å². The van der Waals surface area contributed by atoms with Gasteiger partial charge in [-0.05, 0) is 12.1 Å². The molecule has 1 N–H and O–H groups in total. The Hall–Kier alpha value is -0.940. The maximum Gasteiger partial charge on any atom is 0.303 e. The molecule has 82 valence electrons. The van der Waals surface area contributed by atoms with Crippen molar-refractivity contribution < 1.29 is 19.0 Å². The highest BCUT2D eigenvalue weighted by atomic mass is 79.9. The van der Waals surface area contributed by atoms with E-state index in [0.717, 1.165) is 0 Å². The number of aliphatic hydroxyl groups excluding tert-OH is 1. The largest absolute Gasteiger partial charge is 0.455 e. The molecule has 0 aliphatic heterocycles. The summed E-state index contributed by atoms with van der Waals surface area (Å²) in [5, 5.41) is 9.03. The number of hydrogen-bond acceptors (Lipinski definition) is 3. The van der Waals surface area contributed by atoms with Gasteiger partial charge in [-0.2, -0.15) is 0 Å². The lowest BCUT2D eigenvalue weighted by Crippen LogP contribution is -2.12. The van der Waals surface area contributed by atoms with E-state index < -0.39 is 17.9 Å². The Balaban J connectivity index is 2.96. The van der Waals surface area contributed by atoms with Gasteiger partial charge in [0.1, 0.15) is 5.82 Å². The maximum atomic E-state index is 12.8. The van der Waals surface area contributed by atoms with Gasteiger partial charge in [0.05, 0.1) is 6.61 Å². The molecule has 5 heteroatoms. The summed E-state index contributed by atoms with van der Waals surface area (Å²) in [6.07, 6.45) is -0.766. The van der Waals surface area contributed by atoms with Crippen molar-refractivity contribution in [2.24, 2.45) is 0 Å². The molecule has 0 radical (unpaired) electrons. The van der Waals surface area contributed by atoms with E-state index in [0.29, 0.717) is 10.0 Å². The third-order valence-electron chi connectivity index (χ3n) is 1.78. The van der Waals surface area contributed by atoms with Crippen LogP contribution in [0.5, 0.6) is 0 Å². The fraction of sp³-hybridized carbons (Fsp3) is 0.300. The fourth-order valence-electron chi connectivity index (χ4n) is 1.16. The second-order valence-corrected chi connectivity index (χ2v) is 3.80. The van der Waals surface area contributed by atoms with Crippen LogP contribution in [0.2, 0.25) is 0 Å². The Kier molecular flexibility index (Phi) is 4.23. The third kappa shape index (κ3) is 3.28. The van der Waals surface area contributed by atoms with Crippen LogP contribution in [0.4, 0.5) is 4.39 Å². The molecule has 0 spiro atoms. The summed E-state index contributed by atoms with van der Waals surface area (Å²) in [5.41, 5.74) is 0.536. The highest BCUT2D eigenvalue weighted by Crippen LogP contribution is 2.26. The average Bonchev–Trinajstić information content (AvgIpc) is 2.14. The van der Waals surface area contributed by atoms with Crippen LogP contribution in [0, 0.1) is 5.82 Å². The van der Waals surface area contributed by atoms with Crippen molar-refractivity contribution in [1.29, 1.82) is 0 Å². The number of hydrogen-bond donors (Lipinski definition) is 1. The first-order valence-corrected chi connectivity index (χ1v) is 5.07. The number of halogens is 2. The fourth-order valence-corrected chi connectivity index (χ4v) is 1.77. The summed E-state index contributed by atoms with van der Waals surface area (Å²) in [6, 6.07) is 3.96. The minimum absolute atomic E-state index is 0.343. The average molecular weight is 277 g/mol. The van der Waals surface area contributed by atoms with Crippen LogP contribution in [0.1, 0.15) is 18.6 Å².